The molecule has 0 saturated carbocycles. The van der Waals surface area contributed by atoms with E-state index in [1.54, 1.807) is 118 Å². The van der Waals surface area contributed by atoms with E-state index in [1.165, 1.54) is 24.3 Å². The second-order valence-corrected chi connectivity index (χ2v) is 19.8. The van der Waals surface area contributed by atoms with Crippen LogP contribution < -0.4 is 25.0 Å². The molecule has 392 valence electrons. The van der Waals surface area contributed by atoms with Crippen molar-refractivity contribution in [1.29, 1.82) is 0 Å². The summed E-state index contributed by atoms with van der Waals surface area (Å²) in [5, 5.41) is 59.4. The summed E-state index contributed by atoms with van der Waals surface area (Å²) in [5.74, 6) is -1.78. The molecule has 0 atom stereocenters. The minimum atomic E-state index is -4.68. The molecular formula is C54H46CaCl2N6O12S2. The van der Waals surface area contributed by atoms with E-state index in [4.69, 9.17) is 32.7 Å². The SMILES string of the molecule is CCOc1ccccc1N=C([O-])c1cc2ccccc2c(N=Nc2c(S(=O)(=O)O)ccc(Cl)c2CC)c1[O-].CCOc1ccccc1NC(=O)c1cc2ccccc2c(N=Nc2c(S(=O)(=O)O)ccc(Cl)c2CC)c1O.[Ca+2]. The molecular weight excluding hydrogens is 1100 g/mol. The summed E-state index contributed by atoms with van der Waals surface area (Å²) in [7, 11) is -9.33. The number of anilines is 1. The second-order valence-electron chi connectivity index (χ2n) is 16.2. The molecule has 0 aliphatic carbocycles. The van der Waals surface area contributed by atoms with Gasteiger partial charge in [-0.15, -0.1) is 15.3 Å². The van der Waals surface area contributed by atoms with E-state index < -0.39 is 53.3 Å². The Bertz CT molecular complexity index is 3860. The van der Waals surface area contributed by atoms with Crippen LogP contribution in [0.15, 0.2) is 169 Å². The third-order valence-electron chi connectivity index (χ3n) is 11.4. The number of nitrogens with zero attached hydrogens (tertiary/aromatic N) is 5. The van der Waals surface area contributed by atoms with Crippen LogP contribution in [0.1, 0.15) is 54.7 Å². The van der Waals surface area contributed by atoms with E-state index >= 15 is 0 Å². The minimum Gasteiger partial charge on any atom is -0.871 e. The third kappa shape index (κ3) is 13.7. The van der Waals surface area contributed by atoms with Gasteiger partial charge in [0.15, 0.2) is 5.75 Å². The number of nitrogens with one attached hydrogen (secondary N) is 1. The molecule has 0 unspecified atom stereocenters. The number of ether oxygens (including phenoxy) is 2. The van der Waals surface area contributed by atoms with Crippen molar-refractivity contribution in [3.63, 3.8) is 0 Å². The molecule has 0 aliphatic heterocycles. The number of carbonyl (C=O) groups excluding carboxylic acids is 1. The van der Waals surface area contributed by atoms with Gasteiger partial charge >= 0.3 is 37.7 Å². The number of rotatable bonds is 16. The predicted molar refractivity (Wildman–Crippen MR) is 294 cm³/mol. The molecule has 1 amide bonds. The molecule has 0 aliphatic rings. The average Bonchev–Trinajstić information content (AvgIpc) is 3.40. The normalized spacial score (nSPS) is 11.9. The van der Waals surface area contributed by atoms with Crippen molar-refractivity contribution in [2.45, 2.75) is 50.3 Å². The van der Waals surface area contributed by atoms with Gasteiger partial charge in [-0.2, -0.15) is 21.9 Å². The molecule has 77 heavy (non-hydrogen) atoms. The molecule has 0 fully saturated rings. The number of carbonyl (C=O) groups is 1. The zero-order valence-electron chi connectivity index (χ0n) is 41.6. The number of para-hydroxylation sites is 4. The van der Waals surface area contributed by atoms with E-state index in [-0.39, 0.29) is 93.8 Å². The van der Waals surface area contributed by atoms with Gasteiger partial charge in [-0.05, 0) is 121 Å². The quantitative estimate of drug-likeness (QED) is 0.0231. The first-order chi connectivity index (χ1) is 36.3. The minimum absolute atomic E-state index is 0. The van der Waals surface area contributed by atoms with Crippen molar-refractivity contribution in [3.8, 4) is 23.0 Å². The van der Waals surface area contributed by atoms with Gasteiger partial charge in [0.25, 0.3) is 26.1 Å². The Balaban J connectivity index is 0.000000246. The number of phenols is 1. The second kappa shape index (κ2) is 26.1. The molecule has 8 aromatic carbocycles. The summed E-state index contributed by atoms with van der Waals surface area (Å²) < 4.78 is 78.6. The van der Waals surface area contributed by atoms with Crippen molar-refractivity contribution in [3.05, 3.63) is 166 Å². The molecule has 8 aromatic rings. The third-order valence-corrected chi connectivity index (χ3v) is 13.9. The Labute approximate surface area is 483 Å². The summed E-state index contributed by atoms with van der Waals surface area (Å²) in [6.45, 7) is 7.85. The van der Waals surface area contributed by atoms with Gasteiger partial charge in [0.1, 0.15) is 44.0 Å². The molecule has 23 heteroatoms. The maximum absolute atomic E-state index is 13.5. The molecule has 0 bridgehead atoms. The largest absolute Gasteiger partial charge is 2.00 e. The smallest absolute Gasteiger partial charge is 0.871 e. The first kappa shape index (κ1) is 59.5. The monoisotopic (exact) mass is 1140 g/mol. The Morgan fingerprint density at radius 3 is 1.57 bits per heavy atom. The molecule has 0 spiro atoms. The molecule has 0 radical (unpaired) electrons. The van der Waals surface area contributed by atoms with Gasteiger partial charge in [0.2, 0.25) is 0 Å². The number of azo groups is 2. The van der Waals surface area contributed by atoms with Crippen LogP contribution in [-0.2, 0) is 33.1 Å². The van der Waals surface area contributed by atoms with E-state index in [2.05, 4.69) is 30.8 Å². The molecule has 0 saturated heterocycles. The van der Waals surface area contributed by atoms with Gasteiger partial charge in [-0.25, -0.2) is 0 Å². The fraction of sp³-hybridized carbons (Fsp3) is 0.148. The Kier molecular flexibility index (Phi) is 20.2. The maximum atomic E-state index is 13.5. The Morgan fingerprint density at radius 1 is 0.597 bits per heavy atom. The summed E-state index contributed by atoms with van der Waals surface area (Å²) in [5.41, 5.74) is 0.398. The van der Waals surface area contributed by atoms with Crippen LogP contribution >= 0.6 is 23.2 Å². The summed E-state index contributed by atoms with van der Waals surface area (Å²) in [4.78, 5) is 16.4. The fourth-order valence-corrected chi connectivity index (χ4v) is 9.75. The number of phenolic OH excluding ortho intramolecular Hbond substituents is 1. The Morgan fingerprint density at radius 2 is 1.04 bits per heavy atom. The topological polar surface area (TPSA) is 284 Å². The average molecular weight is 1150 g/mol. The predicted octanol–water partition coefficient (Wildman–Crippen LogP) is 12.3. The van der Waals surface area contributed by atoms with Crippen LogP contribution in [0.25, 0.3) is 21.5 Å². The first-order valence-corrected chi connectivity index (χ1v) is 26.8. The standard InChI is InChI=1S/2C27H24ClN3O6S.Ca/c2*1-3-17-20(28)13-14-23(38(34,35)36)24(17)30-31-25-18-10-6-5-9-16(18)15-19(26(25)32)27(33)29-21-11-7-8-12-22(21)37-4-2;/h2*5-15,32H,3-4H2,1-2H3,(H,29,33)(H,34,35,36);/q;;+2/p-2. The summed E-state index contributed by atoms with van der Waals surface area (Å²) in [6.07, 6.45) is 0.573. The Hall–Kier alpha value is -6.72. The van der Waals surface area contributed by atoms with E-state index in [9.17, 15) is 46.1 Å². The first-order valence-electron chi connectivity index (χ1n) is 23.2. The van der Waals surface area contributed by atoms with Crippen molar-refractivity contribution in [1.82, 2.24) is 0 Å². The van der Waals surface area contributed by atoms with E-state index in [0.717, 1.165) is 12.1 Å². The maximum Gasteiger partial charge on any atom is 2.00 e. The number of halogens is 2. The number of hydrogen-bond donors (Lipinski definition) is 4. The van der Waals surface area contributed by atoms with E-state index in [0.29, 0.717) is 69.5 Å². The van der Waals surface area contributed by atoms with Gasteiger partial charge < -0.3 is 30.1 Å². The van der Waals surface area contributed by atoms with Gasteiger partial charge in [0, 0.05) is 20.8 Å². The summed E-state index contributed by atoms with van der Waals surface area (Å²) >= 11 is 12.5. The molecule has 0 heterocycles. The van der Waals surface area contributed by atoms with Crippen LogP contribution in [0, 0.1) is 0 Å². The van der Waals surface area contributed by atoms with Crippen molar-refractivity contribution in [2.75, 3.05) is 18.5 Å². The fourth-order valence-electron chi connectivity index (χ4n) is 7.89. The zero-order chi connectivity index (χ0) is 54.9. The van der Waals surface area contributed by atoms with Gasteiger partial charge in [-0.3, -0.25) is 18.9 Å². The van der Waals surface area contributed by atoms with Crippen LogP contribution in [0.4, 0.5) is 34.1 Å². The van der Waals surface area contributed by atoms with Crippen molar-refractivity contribution in [2.24, 2.45) is 25.4 Å². The number of amides is 1. The number of fused-ring (bicyclic) bond motifs is 2. The molecule has 18 nitrogen and oxygen atoms in total. The van der Waals surface area contributed by atoms with Crippen molar-refractivity contribution >= 4 is 149 Å². The van der Waals surface area contributed by atoms with Crippen LogP contribution in [0.5, 0.6) is 23.0 Å². The van der Waals surface area contributed by atoms with Crippen LogP contribution in [0.2, 0.25) is 10.0 Å². The van der Waals surface area contributed by atoms with Crippen LogP contribution in [0.3, 0.4) is 0 Å². The van der Waals surface area contributed by atoms with Crippen LogP contribution in [-0.4, -0.2) is 93.8 Å². The van der Waals surface area contributed by atoms with Gasteiger partial charge in [-0.1, -0.05) is 116 Å². The molecule has 0 aromatic heterocycles. The molecule has 4 N–H and O–H groups in total. The summed E-state index contributed by atoms with van der Waals surface area (Å²) in [6, 6.07) is 35.1. The van der Waals surface area contributed by atoms with Gasteiger partial charge in [0.05, 0.1) is 30.2 Å². The van der Waals surface area contributed by atoms with Crippen molar-refractivity contribution < 1.29 is 55.5 Å². The number of hydrogen-bond acceptors (Lipinski definition) is 15. The molecule has 8 rings (SSSR count). The van der Waals surface area contributed by atoms with E-state index in [1.807, 2.05) is 6.92 Å². The number of aromatic hydroxyl groups is 1. The number of benzene rings is 8. The zero-order valence-corrected chi connectivity index (χ0v) is 46.9. The number of aliphatic imine (C=N–C) groups is 1.